The molecule has 0 heterocycles. The van der Waals surface area contributed by atoms with Gasteiger partial charge in [0.1, 0.15) is 11.5 Å². The summed E-state index contributed by atoms with van der Waals surface area (Å²) in [4.78, 5) is 0. The third kappa shape index (κ3) is 2.48. The van der Waals surface area contributed by atoms with Crippen LogP contribution in [0.3, 0.4) is 0 Å². The molecular weight excluding hydrogens is 270 g/mol. The van der Waals surface area contributed by atoms with Crippen molar-refractivity contribution >= 4 is 22.4 Å². The lowest BCUT2D eigenvalue weighted by molar-refractivity contribution is 0.477. The molecule has 0 saturated heterocycles. The molecule has 0 spiro atoms. The van der Waals surface area contributed by atoms with Crippen LogP contribution in [-0.4, -0.2) is 0 Å². The van der Waals surface area contributed by atoms with Gasteiger partial charge in [0, 0.05) is 17.1 Å². The lowest BCUT2D eigenvalue weighted by Gasteiger charge is -2.11. The highest BCUT2D eigenvalue weighted by Crippen LogP contribution is 2.31. The van der Waals surface area contributed by atoms with Crippen molar-refractivity contribution in [3.8, 4) is 11.5 Å². The SMILES string of the molecule is NCc1c(Cl)cccc1Oc1ccc2ccccc2c1. The van der Waals surface area contributed by atoms with Gasteiger partial charge in [0.2, 0.25) is 0 Å². The fraction of sp³-hybridized carbons (Fsp3) is 0.0588. The molecule has 3 heteroatoms. The van der Waals surface area contributed by atoms with E-state index in [-0.39, 0.29) is 0 Å². The normalized spacial score (nSPS) is 10.7. The van der Waals surface area contributed by atoms with Gasteiger partial charge in [0.15, 0.2) is 0 Å². The Morgan fingerprint density at radius 3 is 2.50 bits per heavy atom. The highest BCUT2D eigenvalue weighted by atomic mass is 35.5. The Morgan fingerprint density at radius 2 is 1.70 bits per heavy atom. The first-order valence-electron chi connectivity index (χ1n) is 6.42. The zero-order chi connectivity index (χ0) is 13.9. The first-order valence-corrected chi connectivity index (χ1v) is 6.80. The summed E-state index contributed by atoms with van der Waals surface area (Å²) in [5, 5.41) is 2.96. The Bertz CT molecular complexity index is 755. The fourth-order valence-corrected chi connectivity index (χ4v) is 2.43. The lowest BCUT2D eigenvalue weighted by atomic mass is 10.1. The van der Waals surface area contributed by atoms with Gasteiger partial charge in [0.05, 0.1) is 0 Å². The van der Waals surface area contributed by atoms with Crippen LogP contribution in [0.4, 0.5) is 0 Å². The first-order chi connectivity index (χ1) is 9.78. The fourth-order valence-electron chi connectivity index (χ4n) is 2.19. The van der Waals surface area contributed by atoms with Crippen LogP contribution >= 0.6 is 11.6 Å². The zero-order valence-electron chi connectivity index (χ0n) is 10.8. The second-order valence-corrected chi connectivity index (χ2v) is 4.94. The largest absolute Gasteiger partial charge is 0.457 e. The van der Waals surface area contributed by atoms with E-state index in [0.717, 1.165) is 16.7 Å². The van der Waals surface area contributed by atoms with Gasteiger partial charge in [0.25, 0.3) is 0 Å². The maximum atomic E-state index is 6.13. The number of fused-ring (bicyclic) bond motifs is 1. The lowest BCUT2D eigenvalue weighted by Crippen LogP contribution is -2.00. The molecule has 0 aliphatic rings. The van der Waals surface area contributed by atoms with Crippen molar-refractivity contribution in [1.82, 2.24) is 0 Å². The molecule has 3 aromatic rings. The molecule has 0 atom stereocenters. The predicted octanol–water partition coefficient (Wildman–Crippen LogP) is 4.74. The molecule has 0 amide bonds. The number of benzene rings is 3. The molecule has 3 rings (SSSR count). The summed E-state index contributed by atoms with van der Waals surface area (Å²) in [6, 6.07) is 19.7. The molecule has 2 N–H and O–H groups in total. The minimum absolute atomic E-state index is 0.350. The van der Waals surface area contributed by atoms with Crippen molar-refractivity contribution < 1.29 is 4.74 Å². The summed E-state index contributed by atoms with van der Waals surface area (Å²) in [5.41, 5.74) is 6.55. The van der Waals surface area contributed by atoms with E-state index in [1.165, 1.54) is 5.39 Å². The predicted molar refractivity (Wildman–Crippen MR) is 83.4 cm³/mol. The van der Waals surface area contributed by atoms with E-state index in [4.69, 9.17) is 22.1 Å². The van der Waals surface area contributed by atoms with Crippen molar-refractivity contribution in [3.63, 3.8) is 0 Å². The highest BCUT2D eigenvalue weighted by Gasteiger charge is 2.07. The zero-order valence-corrected chi connectivity index (χ0v) is 11.6. The maximum absolute atomic E-state index is 6.13. The van der Waals surface area contributed by atoms with E-state index in [2.05, 4.69) is 12.1 Å². The van der Waals surface area contributed by atoms with Gasteiger partial charge in [-0.1, -0.05) is 48.0 Å². The van der Waals surface area contributed by atoms with Gasteiger partial charge < -0.3 is 10.5 Å². The van der Waals surface area contributed by atoms with Crippen LogP contribution in [0.2, 0.25) is 5.02 Å². The summed E-state index contributed by atoms with van der Waals surface area (Å²) in [6.45, 7) is 0.350. The van der Waals surface area contributed by atoms with Gasteiger partial charge >= 0.3 is 0 Å². The number of hydrogen-bond donors (Lipinski definition) is 1. The molecular formula is C17H14ClNO. The van der Waals surface area contributed by atoms with Crippen LogP contribution in [0, 0.1) is 0 Å². The number of rotatable bonds is 3. The molecule has 20 heavy (non-hydrogen) atoms. The summed E-state index contributed by atoms with van der Waals surface area (Å²) in [5.74, 6) is 1.48. The van der Waals surface area contributed by atoms with Crippen LogP contribution in [0.15, 0.2) is 60.7 Å². The Hall–Kier alpha value is -2.03. The van der Waals surface area contributed by atoms with Crippen LogP contribution < -0.4 is 10.5 Å². The van der Waals surface area contributed by atoms with E-state index in [1.54, 1.807) is 0 Å². The van der Waals surface area contributed by atoms with E-state index in [0.29, 0.717) is 17.3 Å². The second-order valence-electron chi connectivity index (χ2n) is 4.53. The van der Waals surface area contributed by atoms with Crippen LogP contribution in [0.1, 0.15) is 5.56 Å². The monoisotopic (exact) mass is 283 g/mol. The molecule has 100 valence electrons. The summed E-state index contributed by atoms with van der Waals surface area (Å²) in [7, 11) is 0. The van der Waals surface area contributed by atoms with E-state index < -0.39 is 0 Å². The summed E-state index contributed by atoms with van der Waals surface area (Å²) in [6.07, 6.45) is 0. The second kappa shape index (κ2) is 5.53. The van der Waals surface area contributed by atoms with Gasteiger partial charge in [-0.2, -0.15) is 0 Å². The third-order valence-electron chi connectivity index (χ3n) is 3.23. The molecule has 3 aromatic carbocycles. The number of hydrogen-bond acceptors (Lipinski definition) is 2. The molecule has 2 nitrogen and oxygen atoms in total. The average molecular weight is 284 g/mol. The van der Waals surface area contributed by atoms with E-state index >= 15 is 0 Å². The van der Waals surface area contributed by atoms with Crippen molar-refractivity contribution in [2.75, 3.05) is 0 Å². The molecule has 0 radical (unpaired) electrons. The van der Waals surface area contributed by atoms with Crippen molar-refractivity contribution in [1.29, 1.82) is 0 Å². The van der Waals surface area contributed by atoms with Crippen LogP contribution in [-0.2, 0) is 6.54 Å². The van der Waals surface area contributed by atoms with E-state index in [1.807, 2.05) is 48.5 Å². The molecule has 0 aliphatic carbocycles. The summed E-state index contributed by atoms with van der Waals surface area (Å²) >= 11 is 6.13. The van der Waals surface area contributed by atoms with E-state index in [9.17, 15) is 0 Å². The minimum Gasteiger partial charge on any atom is -0.457 e. The molecule has 0 unspecified atom stereocenters. The first kappa shape index (κ1) is 13.0. The topological polar surface area (TPSA) is 35.2 Å². The van der Waals surface area contributed by atoms with Crippen molar-refractivity contribution in [3.05, 3.63) is 71.2 Å². The Kier molecular flexibility index (Phi) is 3.59. The highest BCUT2D eigenvalue weighted by molar-refractivity contribution is 6.31. The molecule has 0 fully saturated rings. The maximum Gasteiger partial charge on any atom is 0.133 e. The number of nitrogens with two attached hydrogens (primary N) is 1. The van der Waals surface area contributed by atoms with Crippen molar-refractivity contribution in [2.24, 2.45) is 5.73 Å². The quantitative estimate of drug-likeness (QED) is 0.753. The van der Waals surface area contributed by atoms with Gasteiger partial charge in [-0.15, -0.1) is 0 Å². The van der Waals surface area contributed by atoms with Crippen molar-refractivity contribution in [2.45, 2.75) is 6.54 Å². The number of halogens is 1. The average Bonchev–Trinajstić information content (AvgIpc) is 2.47. The molecule has 0 saturated carbocycles. The molecule has 0 aromatic heterocycles. The Labute approximate surface area is 122 Å². The van der Waals surface area contributed by atoms with Crippen LogP contribution in [0.25, 0.3) is 10.8 Å². The third-order valence-corrected chi connectivity index (χ3v) is 3.58. The summed E-state index contributed by atoms with van der Waals surface area (Å²) < 4.78 is 5.92. The molecule has 0 aliphatic heterocycles. The molecule has 0 bridgehead atoms. The Balaban J connectivity index is 1.99. The Morgan fingerprint density at radius 1 is 0.900 bits per heavy atom. The number of ether oxygens (including phenoxy) is 1. The standard InChI is InChI=1S/C17H14ClNO/c18-16-6-3-7-17(15(16)11-19)20-14-9-8-12-4-1-2-5-13(12)10-14/h1-10H,11,19H2. The van der Waals surface area contributed by atoms with Gasteiger partial charge in [-0.25, -0.2) is 0 Å². The van der Waals surface area contributed by atoms with Crippen LogP contribution in [0.5, 0.6) is 11.5 Å². The van der Waals surface area contributed by atoms with Gasteiger partial charge in [-0.3, -0.25) is 0 Å². The van der Waals surface area contributed by atoms with Gasteiger partial charge in [-0.05, 0) is 35.0 Å². The minimum atomic E-state index is 0.350. The smallest absolute Gasteiger partial charge is 0.133 e.